The molecule has 0 unspecified atom stereocenters. The summed E-state index contributed by atoms with van der Waals surface area (Å²) >= 11 is 0.707. The first-order valence-electron chi connectivity index (χ1n) is 16.7. The maximum atomic E-state index is 17.4. The van der Waals surface area contributed by atoms with E-state index in [1.54, 1.807) is 0 Å². The molecule has 15 heteroatoms. The molecule has 0 saturated carbocycles. The van der Waals surface area contributed by atoms with Gasteiger partial charge in [-0.1, -0.05) is 12.6 Å². The van der Waals surface area contributed by atoms with E-state index >= 15 is 22.0 Å². The Bertz CT molecular complexity index is 2180. The average Bonchev–Trinajstić information content (AvgIpc) is 3.80. The number of rotatable bonds is 4. The molecule has 260 valence electrons. The summed E-state index contributed by atoms with van der Waals surface area (Å²) in [5, 5.41) is 13.1. The van der Waals surface area contributed by atoms with Crippen LogP contribution in [-0.4, -0.2) is 70.9 Å². The summed E-state index contributed by atoms with van der Waals surface area (Å²) < 4.78 is 99.8. The number of benzene rings is 2. The van der Waals surface area contributed by atoms with Gasteiger partial charge in [-0.3, -0.25) is 4.90 Å². The summed E-state index contributed by atoms with van der Waals surface area (Å²) in [7, 11) is 0. The van der Waals surface area contributed by atoms with Crippen LogP contribution in [0.2, 0.25) is 0 Å². The highest BCUT2D eigenvalue weighted by molar-refractivity contribution is 7.23. The molecule has 4 fully saturated rings. The van der Waals surface area contributed by atoms with Gasteiger partial charge in [0.1, 0.15) is 41.0 Å². The Morgan fingerprint density at radius 3 is 2.76 bits per heavy atom. The second-order valence-corrected chi connectivity index (χ2v) is 15.2. The number of anilines is 2. The van der Waals surface area contributed by atoms with Crippen molar-refractivity contribution in [3.63, 3.8) is 0 Å². The lowest BCUT2D eigenvalue weighted by atomic mass is 9.85. The van der Waals surface area contributed by atoms with Crippen LogP contribution in [0, 0.1) is 23.0 Å². The van der Waals surface area contributed by atoms with Gasteiger partial charge in [-0.25, -0.2) is 13.2 Å². The summed E-state index contributed by atoms with van der Waals surface area (Å²) in [5.41, 5.74) is 2.06. The number of alkyl halides is 4. The van der Waals surface area contributed by atoms with E-state index in [-0.39, 0.29) is 98.7 Å². The summed E-state index contributed by atoms with van der Waals surface area (Å²) in [6, 6.07) is 3.28. The van der Waals surface area contributed by atoms with Crippen LogP contribution in [0.3, 0.4) is 0 Å². The maximum absolute atomic E-state index is 17.4. The molecular formula is C35H31F6N7OS. The summed E-state index contributed by atoms with van der Waals surface area (Å²) in [4.78, 5) is 13.2. The van der Waals surface area contributed by atoms with Crippen LogP contribution < -0.4 is 20.7 Å². The Balaban J connectivity index is 1.34. The normalized spacial score (nSPS) is 27.5. The minimum Gasteiger partial charge on any atom is -0.461 e. The number of hydrogen-bond donors (Lipinski definition) is 2. The zero-order chi connectivity index (χ0) is 34.9. The number of thiophene rings is 1. The van der Waals surface area contributed by atoms with E-state index in [0.717, 1.165) is 31.4 Å². The molecule has 50 heavy (non-hydrogen) atoms. The number of nitrogen functional groups attached to an aromatic ring is 1. The number of fused-ring (bicyclic) bond motifs is 7. The van der Waals surface area contributed by atoms with Crippen LogP contribution >= 0.6 is 11.3 Å². The van der Waals surface area contributed by atoms with E-state index in [0.29, 0.717) is 30.8 Å². The number of nitrogens with one attached hydrogen (secondary N) is 1. The van der Waals surface area contributed by atoms with Gasteiger partial charge >= 0.3 is 12.2 Å². The number of nitrogens with two attached hydrogens (primary N) is 1. The van der Waals surface area contributed by atoms with Crippen LogP contribution in [0.25, 0.3) is 37.7 Å². The van der Waals surface area contributed by atoms with Gasteiger partial charge in [0.15, 0.2) is 5.82 Å². The number of halogens is 6. The van der Waals surface area contributed by atoms with E-state index in [9.17, 15) is 9.65 Å². The Morgan fingerprint density at radius 1 is 1.16 bits per heavy atom. The molecule has 0 amide bonds. The molecule has 3 N–H and O–H groups in total. The van der Waals surface area contributed by atoms with Crippen LogP contribution in [0.1, 0.15) is 55.2 Å². The van der Waals surface area contributed by atoms with Crippen molar-refractivity contribution in [2.24, 2.45) is 0 Å². The molecule has 4 aromatic rings. The van der Waals surface area contributed by atoms with Gasteiger partial charge in [0, 0.05) is 54.1 Å². The third-order valence-corrected chi connectivity index (χ3v) is 12.4. The van der Waals surface area contributed by atoms with Crippen molar-refractivity contribution < 1.29 is 31.1 Å². The Hall–Kier alpha value is -4.13. The molecule has 2 bridgehead atoms. The highest BCUT2D eigenvalue weighted by Crippen LogP contribution is 2.54. The van der Waals surface area contributed by atoms with Crippen molar-refractivity contribution in [1.82, 2.24) is 20.2 Å². The smallest absolute Gasteiger partial charge is 0.417 e. The fourth-order valence-corrected chi connectivity index (χ4v) is 10.3. The highest BCUT2D eigenvalue weighted by atomic mass is 32.1. The van der Waals surface area contributed by atoms with E-state index in [1.165, 1.54) is 0 Å². The molecule has 0 spiro atoms. The number of hydrogen-bond acceptors (Lipinski definition) is 9. The molecule has 5 atom stereocenters. The molecule has 8 nitrogen and oxygen atoms in total. The number of aromatic nitrogens is 2. The monoisotopic (exact) mass is 711 g/mol. The second kappa shape index (κ2) is 10.9. The molecule has 0 aliphatic carbocycles. The van der Waals surface area contributed by atoms with Gasteiger partial charge < -0.3 is 20.7 Å². The van der Waals surface area contributed by atoms with Gasteiger partial charge in [-0.05, 0) is 55.9 Å². The minimum atomic E-state index is -5.12. The molecule has 0 radical (unpaired) electrons. The first-order valence-corrected chi connectivity index (χ1v) is 17.5. The Morgan fingerprint density at radius 2 is 1.98 bits per heavy atom. The van der Waals surface area contributed by atoms with Gasteiger partial charge in [0.25, 0.3) is 0 Å². The Labute approximate surface area is 286 Å². The zero-order valence-electron chi connectivity index (χ0n) is 26.6. The molecule has 2 aromatic carbocycles. The van der Waals surface area contributed by atoms with E-state index < -0.39 is 46.2 Å². The van der Waals surface area contributed by atoms with E-state index in [1.807, 2.05) is 15.9 Å². The molecule has 9 rings (SSSR count). The van der Waals surface area contributed by atoms with Crippen molar-refractivity contribution in [2.75, 3.05) is 36.9 Å². The average molecular weight is 712 g/mol. The van der Waals surface area contributed by atoms with Gasteiger partial charge in [0.05, 0.1) is 26.8 Å². The van der Waals surface area contributed by atoms with Crippen LogP contribution in [0.15, 0.2) is 18.7 Å². The summed E-state index contributed by atoms with van der Waals surface area (Å²) in [6.07, 6.45) is -2.54. The standard InChI is InChI=1S/C35H31F6N7OS/c1-15-9-22-21-6-3-17(44-21)13-48(22)32-26-23(15)27(35(39,40)41)25(18-4-5-20(37)30-24(18)19(11-42)31(43)50-30)28(38)29(26)45-33(46-32)49-14-34-7-2-8-47(34)12-16(36)10-34/h4-5,16-17,21-22,44H,1-3,6-10,12-14,43H2/t16-,17-,21+,22-,34+/m1/s1. The number of ether oxygens (including phenoxy) is 1. The highest BCUT2D eigenvalue weighted by Gasteiger charge is 2.50. The van der Waals surface area contributed by atoms with Crippen LogP contribution in [0.5, 0.6) is 6.01 Å². The molecule has 7 heterocycles. The molecule has 2 aromatic heterocycles. The van der Waals surface area contributed by atoms with Crippen molar-refractivity contribution in [3.05, 3.63) is 47.0 Å². The second-order valence-electron chi connectivity index (χ2n) is 14.2. The number of nitriles is 1. The van der Waals surface area contributed by atoms with Crippen molar-refractivity contribution in [1.29, 1.82) is 5.26 Å². The largest absolute Gasteiger partial charge is 0.461 e. The molecule has 4 saturated heterocycles. The third kappa shape index (κ3) is 4.50. The Kier molecular flexibility index (Phi) is 6.96. The first-order chi connectivity index (χ1) is 23.9. The summed E-state index contributed by atoms with van der Waals surface area (Å²) in [5.74, 6) is -2.00. The van der Waals surface area contributed by atoms with E-state index in [4.69, 9.17) is 15.5 Å². The SMILES string of the molecule is C=C1C[C@@H]2[C@@H]3CC[C@H](CN2c2nc(OC[C@@]45CCCN4C[C@H](F)C5)nc4c(F)c(-c5ccc(F)c6sc(N)c(C#N)c56)c(C(F)(F)F)c1c24)N3. The predicted octanol–water partition coefficient (Wildman–Crippen LogP) is 6.94. The number of piperazine rings is 1. The van der Waals surface area contributed by atoms with Crippen molar-refractivity contribution in [2.45, 2.75) is 74.5 Å². The minimum absolute atomic E-state index is 0.0293. The van der Waals surface area contributed by atoms with Gasteiger partial charge in [-0.15, -0.1) is 11.3 Å². The number of nitrogens with zero attached hydrogens (tertiary/aromatic N) is 5. The zero-order valence-corrected chi connectivity index (χ0v) is 27.5. The summed E-state index contributed by atoms with van der Waals surface area (Å²) in [6.45, 7) is 5.59. The van der Waals surface area contributed by atoms with Crippen LogP contribution in [-0.2, 0) is 6.18 Å². The fourth-order valence-electron chi connectivity index (χ4n) is 9.35. The third-order valence-electron chi connectivity index (χ3n) is 11.4. The fraction of sp³-hybridized carbons (Fsp3) is 0.457. The van der Waals surface area contributed by atoms with Gasteiger partial charge in [-0.2, -0.15) is 28.4 Å². The quantitative estimate of drug-likeness (QED) is 0.220. The lowest BCUT2D eigenvalue weighted by Gasteiger charge is -2.41. The topological polar surface area (TPSA) is 103 Å². The lowest BCUT2D eigenvalue weighted by molar-refractivity contribution is -0.137. The molecular weight excluding hydrogens is 680 g/mol. The molecule has 5 aliphatic heterocycles. The first kappa shape index (κ1) is 31.8. The maximum Gasteiger partial charge on any atom is 0.417 e. The van der Waals surface area contributed by atoms with Crippen molar-refractivity contribution in [3.8, 4) is 23.2 Å². The van der Waals surface area contributed by atoms with Crippen molar-refractivity contribution >= 4 is 48.7 Å². The lowest BCUT2D eigenvalue weighted by Crippen LogP contribution is -2.58. The molecule has 5 aliphatic rings. The van der Waals surface area contributed by atoms with Gasteiger partial charge in [0.2, 0.25) is 0 Å². The van der Waals surface area contributed by atoms with E-state index in [2.05, 4.69) is 16.9 Å². The predicted molar refractivity (Wildman–Crippen MR) is 178 cm³/mol. The van der Waals surface area contributed by atoms with Crippen LogP contribution in [0.4, 0.5) is 37.2 Å².